The number of morpholine rings is 1. The molecule has 1 saturated heterocycles. The van der Waals surface area contributed by atoms with Gasteiger partial charge in [0.1, 0.15) is 0 Å². The zero-order chi connectivity index (χ0) is 15.5. The van der Waals surface area contributed by atoms with Gasteiger partial charge < -0.3 is 15.0 Å². The monoisotopic (exact) mass is 291 g/mol. The van der Waals surface area contributed by atoms with Crippen molar-refractivity contribution in [2.45, 2.75) is 52.9 Å². The second-order valence-corrected chi connectivity index (χ2v) is 7.10. The Morgan fingerprint density at radius 3 is 2.90 bits per heavy atom. The lowest BCUT2D eigenvalue weighted by atomic mass is 10.0. The molecule has 1 aliphatic rings. The van der Waals surface area contributed by atoms with Gasteiger partial charge in [0.15, 0.2) is 0 Å². The van der Waals surface area contributed by atoms with Crippen molar-refractivity contribution in [1.29, 1.82) is 0 Å². The van der Waals surface area contributed by atoms with Crippen molar-refractivity contribution in [2.24, 2.45) is 5.92 Å². The number of aromatic nitrogens is 1. The van der Waals surface area contributed by atoms with Crippen LogP contribution < -0.4 is 10.2 Å². The van der Waals surface area contributed by atoms with Crippen molar-refractivity contribution in [3.8, 4) is 0 Å². The normalized spacial score (nSPS) is 21.8. The quantitative estimate of drug-likeness (QED) is 0.905. The molecule has 1 N–H and O–H groups in total. The van der Waals surface area contributed by atoms with E-state index in [1.54, 1.807) is 0 Å². The van der Waals surface area contributed by atoms with E-state index in [0.717, 1.165) is 26.2 Å². The predicted octanol–water partition coefficient (Wildman–Crippen LogP) is 2.83. The molecule has 1 fully saturated rings. The zero-order valence-electron chi connectivity index (χ0n) is 14.0. The standard InChI is InChI=1S/C17H29N3O/c1-13(2)8-19-10-15-9-18-7-6-16(15)20-11-14(3)21-17(4,5)12-20/h6-7,9,13-14,19H,8,10-12H2,1-5H3. The van der Waals surface area contributed by atoms with Crippen LogP contribution in [0, 0.1) is 5.92 Å². The number of hydrogen-bond acceptors (Lipinski definition) is 4. The van der Waals surface area contributed by atoms with E-state index in [2.05, 4.69) is 55.9 Å². The van der Waals surface area contributed by atoms with Gasteiger partial charge in [0.2, 0.25) is 0 Å². The molecule has 2 heterocycles. The number of ether oxygens (including phenoxy) is 1. The third kappa shape index (κ3) is 4.68. The van der Waals surface area contributed by atoms with Crippen LogP contribution in [0.25, 0.3) is 0 Å². The Morgan fingerprint density at radius 1 is 1.48 bits per heavy atom. The molecule has 2 rings (SSSR count). The molecule has 1 atom stereocenters. The summed E-state index contributed by atoms with van der Waals surface area (Å²) in [5.74, 6) is 0.660. The molecule has 0 aromatic carbocycles. The van der Waals surface area contributed by atoms with E-state index >= 15 is 0 Å². The first-order valence-electron chi connectivity index (χ1n) is 7.94. The lowest BCUT2D eigenvalue weighted by Gasteiger charge is -2.43. The zero-order valence-corrected chi connectivity index (χ0v) is 14.0. The molecule has 4 nitrogen and oxygen atoms in total. The fourth-order valence-electron chi connectivity index (χ4n) is 3.00. The van der Waals surface area contributed by atoms with Crippen molar-refractivity contribution < 1.29 is 4.74 Å². The number of hydrogen-bond donors (Lipinski definition) is 1. The minimum absolute atomic E-state index is 0.108. The summed E-state index contributed by atoms with van der Waals surface area (Å²) in [4.78, 5) is 6.73. The third-order valence-corrected chi connectivity index (χ3v) is 3.66. The maximum atomic E-state index is 6.00. The number of anilines is 1. The number of rotatable bonds is 5. The molecule has 1 aromatic heterocycles. The van der Waals surface area contributed by atoms with Gasteiger partial charge in [-0.1, -0.05) is 13.8 Å². The second kappa shape index (κ2) is 6.75. The van der Waals surface area contributed by atoms with E-state index in [1.165, 1.54) is 11.3 Å². The van der Waals surface area contributed by atoms with Crippen LogP contribution in [0.5, 0.6) is 0 Å². The van der Waals surface area contributed by atoms with Crippen LogP contribution in [0.1, 0.15) is 40.2 Å². The van der Waals surface area contributed by atoms with Gasteiger partial charge in [0.05, 0.1) is 11.7 Å². The second-order valence-electron chi connectivity index (χ2n) is 7.10. The summed E-state index contributed by atoms with van der Waals surface area (Å²) < 4.78 is 6.00. The van der Waals surface area contributed by atoms with Gasteiger partial charge in [-0.25, -0.2) is 0 Å². The molecule has 4 heteroatoms. The molecule has 0 amide bonds. The highest BCUT2D eigenvalue weighted by Crippen LogP contribution is 2.28. The van der Waals surface area contributed by atoms with Gasteiger partial charge in [-0.05, 0) is 39.3 Å². The average molecular weight is 291 g/mol. The molecule has 1 unspecified atom stereocenters. The van der Waals surface area contributed by atoms with Crippen molar-refractivity contribution in [2.75, 3.05) is 24.5 Å². The molecular weight excluding hydrogens is 262 g/mol. The van der Waals surface area contributed by atoms with Gasteiger partial charge in [-0.2, -0.15) is 0 Å². The van der Waals surface area contributed by atoms with Crippen LogP contribution in [0.3, 0.4) is 0 Å². The summed E-state index contributed by atoms with van der Waals surface area (Å²) in [7, 11) is 0. The van der Waals surface area contributed by atoms with E-state index in [4.69, 9.17) is 4.74 Å². The summed E-state index contributed by atoms with van der Waals surface area (Å²) >= 11 is 0. The fourth-order valence-corrected chi connectivity index (χ4v) is 3.00. The average Bonchev–Trinajstić information content (AvgIpc) is 2.36. The molecule has 1 aromatic rings. The Bertz CT molecular complexity index is 459. The lowest BCUT2D eigenvalue weighted by molar-refractivity contribution is -0.0750. The minimum Gasteiger partial charge on any atom is -0.369 e. The third-order valence-electron chi connectivity index (χ3n) is 3.66. The predicted molar refractivity (Wildman–Crippen MR) is 87.6 cm³/mol. The summed E-state index contributed by atoms with van der Waals surface area (Å²) in [5, 5.41) is 3.51. The van der Waals surface area contributed by atoms with Crippen molar-refractivity contribution >= 4 is 5.69 Å². The van der Waals surface area contributed by atoms with Gasteiger partial charge in [0.25, 0.3) is 0 Å². The largest absolute Gasteiger partial charge is 0.369 e. The van der Waals surface area contributed by atoms with Crippen LogP contribution in [-0.4, -0.2) is 36.3 Å². The summed E-state index contributed by atoms with van der Waals surface area (Å²) in [6.45, 7) is 14.7. The highest BCUT2D eigenvalue weighted by atomic mass is 16.5. The first-order chi connectivity index (χ1) is 9.87. The molecule has 0 aliphatic carbocycles. The van der Waals surface area contributed by atoms with Gasteiger partial charge in [-0.3, -0.25) is 4.98 Å². The molecule has 0 spiro atoms. The SMILES string of the molecule is CC(C)CNCc1cnccc1N1CC(C)OC(C)(C)C1. The molecular formula is C17H29N3O. The number of nitrogens with one attached hydrogen (secondary N) is 1. The number of pyridine rings is 1. The van der Waals surface area contributed by atoms with Crippen molar-refractivity contribution in [3.05, 3.63) is 24.0 Å². The van der Waals surface area contributed by atoms with Crippen LogP contribution in [-0.2, 0) is 11.3 Å². The highest BCUT2D eigenvalue weighted by molar-refractivity contribution is 5.53. The van der Waals surface area contributed by atoms with Crippen LogP contribution in [0.15, 0.2) is 18.5 Å². The van der Waals surface area contributed by atoms with E-state index in [9.17, 15) is 0 Å². The summed E-state index contributed by atoms with van der Waals surface area (Å²) in [6, 6.07) is 2.13. The Labute approximate surface area is 128 Å². The molecule has 118 valence electrons. The Balaban J connectivity index is 2.11. The van der Waals surface area contributed by atoms with Gasteiger partial charge in [0, 0.05) is 43.3 Å². The van der Waals surface area contributed by atoms with Crippen molar-refractivity contribution in [3.63, 3.8) is 0 Å². The van der Waals surface area contributed by atoms with Crippen molar-refractivity contribution in [1.82, 2.24) is 10.3 Å². The van der Waals surface area contributed by atoms with Gasteiger partial charge in [-0.15, -0.1) is 0 Å². The molecule has 0 radical (unpaired) electrons. The summed E-state index contributed by atoms with van der Waals surface area (Å²) in [6.07, 6.45) is 4.11. The maximum absolute atomic E-state index is 6.00. The summed E-state index contributed by atoms with van der Waals surface area (Å²) in [5.41, 5.74) is 2.44. The maximum Gasteiger partial charge on any atom is 0.0805 e. The molecule has 0 bridgehead atoms. The Morgan fingerprint density at radius 2 is 2.24 bits per heavy atom. The molecule has 21 heavy (non-hydrogen) atoms. The Kier molecular flexibility index (Phi) is 5.22. The molecule has 1 aliphatic heterocycles. The van der Waals surface area contributed by atoms with Crippen LogP contribution >= 0.6 is 0 Å². The van der Waals surface area contributed by atoms with E-state index in [1.807, 2.05) is 12.4 Å². The highest BCUT2D eigenvalue weighted by Gasteiger charge is 2.32. The van der Waals surface area contributed by atoms with Gasteiger partial charge >= 0.3 is 0 Å². The van der Waals surface area contributed by atoms with E-state index < -0.39 is 0 Å². The van der Waals surface area contributed by atoms with E-state index in [0.29, 0.717) is 5.92 Å². The number of nitrogens with zero attached hydrogens (tertiary/aromatic N) is 2. The molecule has 0 saturated carbocycles. The smallest absolute Gasteiger partial charge is 0.0805 e. The fraction of sp³-hybridized carbons (Fsp3) is 0.706. The van der Waals surface area contributed by atoms with Crippen LogP contribution in [0.2, 0.25) is 0 Å². The first kappa shape index (κ1) is 16.2. The van der Waals surface area contributed by atoms with Crippen LogP contribution in [0.4, 0.5) is 5.69 Å². The minimum atomic E-state index is -0.108. The Hall–Kier alpha value is -1.13. The lowest BCUT2D eigenvalue weighted by Crippen LogP contribution is -2.52. The first-order valence-corrected chi connectivity index (χ1v) is 7.94. The topological polar surface area (TPSA) is 37.4 Å². The van der Waals surface area contributed by atoms with E-state index in [-0.39, 0.29) is 11.7 Å².